The highest BCUT2D eigenvalue weighted by Gasteiger charge is 2.40. The zero-order valence-electron chi connectivity index (χ0n) is 5.83. The molecule has 0 aromatic heterocycles. The molecule has 0 aromatic rings. The van der Waals surface area contributed by atoms with Gasteiger partial charge in [0.2, 0.25) is 0 Å². The zero-order valence-corrected chi connectivity index (χ0v) is 5.83. The van der Waals surface area contributed by atoms with Gasteiger partial charge in [0.1, 0.15) is 6.10 Å². The number of hydrogen-bond donors (Lipinski definition) is 1. The number of alkyl carbamates (subject to hydrolysis) is 1. The van der Waals surface area contributed by atoms with E-state index in [1.807, 2.05) is 7.05 Å². The molecule has 0 aromatic carbocycles. The normalized spacial score (nSPS) is 39.1. The summed E-state index contributed by atoms with van der Waals surface area (Å²) in [6.07, 6.45) is -0.166. The topological polar surface area (TPSA) is 41.6 Å². The van der Waals surface area contributed by atoms with E-state index in [9.17, 15) is 4.79 Å². The van der Waals surface area contributed by atoms with E-state index < -0.39 is 0 Å². The van der Waals surface area contributed by atoms with Gasteiger partial charge in [0, 0.05) is 13.1 Å². The highest BCUT2D eigenvalue weighted by atomic mass is 16.6. The van der Waals surface area contributed by atoms with E-state index in [0.29, 0.717) is 0 Å². The van der Waals surface area contributed by atoms with Gasteiger partial charge in [-0.3, -0.25) is 0 Å². The number of carbonyl (C=O) groups is 1. The van der Waals surface area contributed by atoms with E-state index in [2.05, 4.69) is 10.2 Å². The largest absolute Gasteiger partial charge is 0.443 e. The number of nitrogens with zero attached hydrogens (tertiary/aromatic N) is 1. The summed E-state index contributed by atoms with van der Waals surface area (Å²) in [5, 5.41) is 2.74. The zero-order chi connectivity index (χ0) is 7.14. The van der Waals surface area contributed by atoms with Crippen molar-refractivity contribution in [2.45, 2.75) is 12.1 Å². The van der Waals surface area contributed by atoms with Gasteiger partial charge in [0.25, 0.3) is 0 Å². The molecular formula is C6H10N2O2. The Morgan fingerprint density at radius 3 is 3.20 bits per heavy atom. The Morgan fingerprint density at radius 1 is 1.70 bits per heavy atom. The van der Waals surface area contributed by atoms with E-state index in [0.717, 1.165) is 13.1 Å². The van der Waals surface area contributed by atoms with Crippen LogP contribution in [-0.4, -0.2) is 43.3 Å². The molecule has 56 valence electrons. The Balaban J connectivity index is 2.06. The third-order valence-corrected chi connectivity index (χ3v) is 2.01. The first-order chi connectivity index (χ1) is 4.75. The van der Waals surface area contributed by atoms with Crippen LogP contribution in [0.5, 0.6) is 0 Å². The lowest BCUT2D eigenvalue weighted by molar-refractivity contribution is 0.134. The second-order valence-electron chi connectivity index (χ2n) is 2.92. The van der Waals surface area contributed by atoms with Gasteiger partial charge in [0.05, 0.1) is 6.04 Å². The minimum atomic E-state index is -0.261. The van der Waals surface area contributed by atoms with Crippen LogP contribution in [0.3, 0.4) is 0 Å². The molecule has 2 rings (SSSR count). The molecule has 0 aliphatic carbocycles. The molecule has 2 atom stereocenters. The van der Waals surface area contributed by atoms with Gasteiger partial charge < -0.3 is 15.0 Å². The second kappa shape index (κ2) is 1.85. The molecule has 0 radical (unpaired) electrons. The van der Waals surface area contributed by atoms with Crippen LogP contribution in [0.1, 0.15) is 0 Å². The summed E-state index contributed by atoms with van der Waals surface area (Å²) in [6.45, 7) is 1.78. The van der Waals surface area contributed by atoms with Gasteiger partial charge in [-0.15, -0.1) is 0 Å². The standard InChI is InChI=1S/C6H10N2O2/c1-8-2-4-5(3-8)10-6(9)7-4/h4-5H,2-3H2,1H3,(H,7,9)/t4-,5+/m1/s1. The van der Waals surface area contributed by atoms with Crippen molar-refractivity contribution in [3.63, 3.8) is 0 Å². The van der Waals surface area contributed by atoms with Crippen LogP contribution < -0.4 is 5.32 Å². The Hall–Kier alpha value is -0.770. The molecule has 0 spiro atoms. The number of ether oxygens (including phenoxy) is 1. The summed E-state index contributed by atoms with van der Waals surface area (Å²) in [7, 11) is 2.02. The van der Waals surface area contributed by atoms with Gasteiger partial charge in [-0.1, -0.05) is 0 Å². The van der Waals surface area contributed by atoms with Crippen LogP contribution >= 0.6 is 0 Å². The minimum absolute atomic E-state index is 0.0949. The summed E-state index contributed by atoms with van der Waals surface area (Å²) in [4.78, 5) is 12.8. The lowest BCUT2D eigenvalue weighted by atomic mass is 10.2. The van der Waals surface area contributed by atoms with Crippen molar-refractivity contribution in [3.05, 3.63) is 0 Å². The monoisotopic (exact) mass is 142 g/mol. The molecule has 2 saturated heterocycles. The summed E-state index contributed by atoms with van der Waals surface area (Å²) >= 11 is 0. The Bertz CT molecular complexity index is 155. The molecule has 1 N–H and O–H groups in total. The number of rotatable bonds is 0. The quantitative estimate of drug-likeness (QED) is 0.491. The molecular weight excluding hydrogens is 132 g/mol. The van der Waals surface area contributed by atoms with Crippen molar-refractivity contribution in [1.29, 1.82) is 0 Å². The Kier molecular flexibility index (Phi) is 1.11. The van der Waals surface area contributed by atoms with E-state index in [1.165, 1.54) is 0 Å². The van der Waals surface area contributed by atoms with Gasteiger partial charge >= 0.3 is 6.09 Å². The van der Waals surface area contributed by atoms with Crippen LogP contribution in [0.15, 0.2) is 0 Å². The lowest BCUT2D eigenvalue weighted by Gasteiger charge is -2.06. The number of nitrogens with one attached hydrogen (secondary N) is 1. The van der Waals surface area contributed by atoms with Crippen molar-refractivity contribution in [2.24, 2.45) is 0 Å². The van der Waals surface area contributed by atoms with Crippen molar-refractivity contribution >= 4 is 6.09 Å². The lowest BCUT2D eigenvalue weighted by Crippen LogP contribution is -2.31. The maximum Gasteiger partial charge on any atom is 0.407 e. The first-order valence-electron chi connectivity index (χ1n) is 3.41. The van der Waals surface area contributed by atoms with Crippen molar-refractivity contribution < 1.29 is 9.53 Å². The molecule has 0 saturated carbocycles. The fourth-order valence-corrected chi connectivity index (χ4v) is 1.54. The first kappa shape index (κ1) is 5.97. The van der Waals surface area contributed by atoms with E-state index in [1.54, 1.807) is 0 Å². The van der Waals surface area contributed by atoms with Gasteiger partial charge in [0.15, 0.2) is 0 Å². The average molecular weight is 142 g/mol. The maximum atomic E-state index is 10.6. The van der Waals surface area contributed by atoms with Gasteiger partial charge in [-0.2, -0.15) is 0 Å². The molecule has 2 heterocycles. The second-order valence-corrected chi connectivity index (χ2v) is 2.92. The number of hydrogen-bond acceptors (Lipinski definition) is 3. The predicted molar refractivity (Wildman–Crippen MR) is 34.7 cm³/mol. The predicted octanol–water partition coefficient (Wildman–Crippen LogP) is -0.591. The molecule has 10 heavy (non-hydrogen) atoms. The van der Waals surface area contributed by atoms with Crippen LogP contribution in [0.2, 0.25) is 0 Å². The number of likely N-dealkylation sites (tertiary alicyclic amines) is 1. The molecule has 2 fully saturated rings. The number of likely N-dealkylation sites (N-methyl/N-ethyl adjacent to an activating group) is 1. The maximum absolute atomic E-state index is 10.6. The van der Waals surface area contributed by atoms with Crippen LogP contribution in [0.4, 0.5) is 4.79 Å². The Morgan fingerprint density at radius 2 is 2.50 bits per heavy atom. The summed E-state index contributed by atoms with van der Waals surface area (Å²) < 4.78 is 4.96. The van der Waals surface area contributed by atoms with Gasteiger partial charge in [-0.25, -0.2) is 4.79 Å². The van der Waals surface area contributed by atoms with E-state index in [4.69, 9.17) is 4.74 Å². The fourth-order valence-electron chi connectivity index (χ4n) is 1.54. The SMILES string of the molecule is CN1C[C@@H]2OC(=O)N[C@@H]2C1. The molecule has 1 amide bonds. The first-order valence-corrected chi connectivity index (χ1v) is 3.41. The average Bonchev–Trinajstić information content (AvgIpc) is 2.21. The summed E-state index contributed by atoms with van der Waals surface area (Å²) in [5.41, 5.74) is 0. The highest BCUT2D eigenvalue weighted by Crippen LogP contribution is 2.16. The molecule has 2 aliphatic rings. The van der Waals surface area contributed by atoms with Crippen molar-refractivity contribution in [2.75, 3.05) is 20.1 Å². The Labute approximate surface area is 59.1 Å². The number of amides is 1. The van der Waals surface area contributed by atoms with Crippen molar-refractivity contribution in [1.82, 2.24) is 10.2 Å². The number of fused-ring (bicyclic) bond motifs is 1. The molecule has 0 bridgehead atoms. The molecule has 4 nitrogen and oxygen atoms in total. The van der Waals surface area contributed by atoms with Gasteiger partial charge in [-0.05, 0) is 7.05 Å². The van der Waals surface area contributed by atoms with E-state index in [-0.39, 0.29) is 18.2 Å². The van der Waals surface area contributed by atoms with Crippen LogP contribution in [0.25, 0.3) is 0 Å². The van der Waals surface area contributed by atoms with E-state index >= 15 is 0 Å². The molecule has 2 aliphatic heterocycles. The smallest absolute Gasteiger partial charge is 0.407 e. The van der Waals surface area contributed by atoms with Crippen LogP contribution in [0, 0.1) is 0 Å². The number of carbonyl (C=O) groups excluding carboxylic acids is 1. The minimum Gasteiger partial charge on any atom is -0.443 e. The third kappa shape index (κ3) is 0.759. The molecule has 4 heteroatoms. The third-order valence-electron chi connectivity index (χ3n) is 2.01. The summed E-state index contributed by atoms with van der Waals surface area (Å²) in [5.74, 6) is 0. The molecule has 0 unspecified atom stereocenters. The fraction of sp³-hybridized carbons (Fsp3) is 0.833. The summed E-state index contributed by atoms with van der Waals surface area (Å²) in [6, 6.07) is 0.234. The van der Waals surface area contributed by atoms with Crippen molar-refractivity contribution in [3.8, 4) is 0 Å². The highest BCUT2D eigenvalue weighted by molar-refractivity contribution is 5.70. The van der Waals surface area contributed by atoms with Crippen LogP contribution in [-0.2, 0) is 4.74 Å².